The maximum atomic E-state index is 12.5. The highest BCUT2D eigenvalue weighted by Gasteiger charge is 2.41. The van der Waals surface area contributed by atoms with Gasteiger partial charge in [0.05, 0.1) is 32.8 Å². The van der Waals surface area contributed by atoms with E-state index < -0.39 is 0 Å². The summed E-state index contributed by atoms with van der Waals surface area (Å²) < 4.78 is 23.7. The van der Waals surface area contributed by atoms with Crippen LogP contribution in [-0.2, 0) is 28.5 Å². The maximum absolute atomic E-state index is 12.5. The van der Waals surface area contributed by atoms with Crippen LogP contribution in [0.5, 0.6) is 0 Å². The first-order chi connectivity index (χ1) is 25.1. The summed E-state index contributed by atoms with van der Waals surface area (Å²) in [5.74, 6) is 2.46. The van der Waals surface area contributed by atoms with Gasteiger partial charge in [0.2, 0.25) is 0 Å². The quantitative estimate of drug-likeness (QED) is 0.0631. The molecule has 4 atom stereocenters. The van der Waals surface area contributed by atoms with Crippen molar-refractivity contribution in [2.24, 2.45) is 29.1 Å². The number of hydrogen-bond acceptors (Lipinski definition) is 8. The standard InChI is InChI=1S/C44H77NO7/c1-35(2)12-11-13-39-22-32-51-43(50-31-21-37(5)40(39)16-15-36(3)4)23-33-49-41(47)14-9-7-6-8-10-27-45(29-30-46)28-20-42(48)52-34-44-24-17-38(18-25-44)19-26-44/h12,15,37-40,43,46H,6-11,13-14,16-34H2,1-5H3. The van der Waals surface area contributed by atoms with Crippen molar-refractivity contribution in [3.8, 4) is 0 Å². The average molecular weight is 732 g/mol. The molecule has 3 saturated carbocycles. The van der Waals surface area contributed by atoms with Gasteiger partial charge in [-0.1, -0.05) is 49.5 Å². The van der Waals surface area contributed by atoms with Crippen molar-refractivity contribution in [1.82, 2.24) is 4.90 Å². The van der Waals surface area contributed by atoms with Crippen LogP contribution in [0.2, 0.25) is 0 Å². The fourth-order valence-corrected chi connectivity index (χ4v) is 8.65. The van der Waals surface area contributed by atoms with E-state index in [0.29, 0.717) is 76.5 Å². The van der Waals surface area contributed by atoms with E-state index in [4.69, 9.17) is 18.9 Å². The molecule has 4 unspecified atom stereocenters. The molecule has 300 valence electrons. The number of nitrogens with zero attached hydrogens (tertiary/aromatic N) is 1. The molecule has 0 amide bonds. The Morgan fingerprint density at radius 3 is 2.12 bits per heavy atom. The number of rotatable bonds is 23. The molecular formula is C44H77NO7. The third-order valence-electron chi connectivity index (χ3n) is 12.2. The summed E-state index contributed by atoms with van der Waals surface area (Å²) in [7, 11) is 0. The molecule has 2 bridgehead atoms. The van der Waals surface area contributed by atoms with Crippen LogP contribution in [0.3, 0.4) is 0 Å². The number of fused-ring (bicyclic) bond motifs is 3. The predicted molar refractivity (Wildman–Crippen MR) is 210 cm³/mol. The molecule has 3 aliphatic carbocycles. The lowest BCUT2D eigenvalue weighted by atomic mass is 9.61. The van der Waals surface area contributed by atoms with E-state index >= 15 is 0 Å². The monoisotopic (exact) mass is 732 g/mol. The SMILES string of the molecule is CC(C)=CCCC1CCOC(CCOC(=O)CCCCCCCN(CCO)CCC(=O)OCC23CCC(CC2)CC3)OCCC(C)C1CC=C(C)C. The summed E-state index contributed by atoms with van der Waals surface area (Å²) in [5.41, 5.74) is 3.01. The second-order valence-electron chi connectivity index (χ2n) is 17.0. The van der Waals surface area contributed by atoms with E-state index in [1.54, 1.807) is 0 Å². The summed E-state index contributed by atoms with van der Waals surface area (Å²) in [6, 6.07) is 0. The summed E-state index contributed by atoms with van der Waals surface area (Å²) >= 11 is 0. The van der Waals surface area contributed by atoms with Crippen LogP contribution in [0.1, 0.15) is 157 Å². The van der Waals surface area contributed by atoms with Gasteiger partial charge in [-0.3, -0.25) is 9.59 Å². The summed E-state index contributed by atoms with van der Waals surface area (Å²) in [6.07, 6.45) is 23.7. The Labute approximate surface area is 317 Å². The van der Waals surface area contributed by atoms with Crippen molar-refractivity contribution in [3.05, 3.63) is 23.3 Å². The number of allylic oxidation sites excluding steroid dienone is 4. The smallest absolute Gasteiger partial charge is 0.307 e. The first kappa shape index (κ1) is 44.7. The topological polar surface area (TPSA) is 94.5 Å². The zero-order valence-corrected chi connectivity index (χ0v) is 34.0. The number of carbonyl (C=O) groups is 2. The molecule has 0 aromatic carbocycles. The normalized spacial score (nSPS) is 26.5. The van der Waals surface area contributed by atoms with Gasteiger partial charge in [0.1, 0.15) is 0 Å². The number of ether oxygens (including phenoxy) is 4. The van der Waals surface area contributed by atoms with Gasteiger partial charge in [-0.2, -0.15) is 0 Å². The Morgan fingerprint density at radius 1 is 0.769 bits per heavy atom. The lowest BCUT2D eigenvalue weighted by Crippen LogP contribution is -2.38. The molecule has 8 heteroatoms. The molecule has 0 aromatic rings. The van der Waals surface area contributed by atoms with Gasteiger partial charge < -0.3 is 29.0 Å². The van der Waals surface area contributed by atoms with Crippen molar-refractivity contribution in [2.75, 3.05) is 52.7 Å². The maximum Gasteiger partial charge on any atom is 0.307 e. The Balaban J connectivity index is 1.24. The van der Waals surface area contributed by atoms with Gasteiger partial charge in [0.25, 0.3) is 0 Å². The van der Waals surface area contributed by atoms with Crippen LogP contribution in [-0.4, -0.2) is 80.9 Å². The van der Waals surface area contributed by atoms with Crippen molar-refractivity contribution in [2.45, 2.75) is 163 Å². The highest BCUT2D eigenvalue weighted by molar-refractivity contribution is 5.69. The Hall–Kier alpha value is -1.74. The highest BCUT2D eigenvalue weighted by Crippen LogP contribution is 2.50. The lowest BCUT2D eigenvalue weighted by Gasteiger charge is -2.46. The molecule has 52 heavy (non-hydrogen) atoms. The third-order valence-corrected chi connectivity index (χ3v) is 12.2. The van der Waals surface area contributed by atoms with E-state index in [9.17, 15) is 14.7 Å². The fraction of sp³-hybridized carbons (Fsp3) is 0.864. The molecule has 4 aliphatic rings. The lowest BCUT2D eigenvalue weighted by molar-refractivity contribution is -0.167. The van der Waals surface area contributed by atoms with Crippen LogP contribution in [0.25, 0.3) is 0 Å². The van der Waals surface area contributed by atoms with Gasteiger partial charge >= 0.3 is 11.9 Å². The molecule has 1 heterocycles. The average Bonchev–Trinajstić information content (AvgIpc) is 3.12. The van der Waals surface area contributed by atoms with Crippen LogP contribution < -0.4 is 0 Å². The van der Waals surface area contributed by atoms with Crippen molar-refractivity contribution >= 4 is 11.9 Å². The molecular weight excluding hydrogens is 654 g/mol. The first-order valence-electron chi connectivity index (χ1n) is 21.2. The van der Waals surface area contributed by atoms with Crippen molar-refractivity contribution < 1.29 is 33.6 Å². The van der Waals surface area contributed by atoms with Crippen LogP contribution in [0.15, 0.2) is 23.3 Å². The number of aliphatic hydroxyl groups excluding tert-OH is 1. The molecule has 0 spiro atoms. The Morgan fingerprint density at radius 2 is 1.42 bits per heavy atom. The number of hydrogen-bond donors (Lipinski definition) is 1. The van der Waals surface area contributed by atoms with Crippen molar-refractivity contribution in [3.63, 3.8) is 0 Å². The second-order valence-corrected chi connectivity index (χ2v) is 17.0. The van der Waals surface area contributed by atoms with Gasteiger partial charge in [-0.15, -0.1) is 0 Å². The highest BCUT2D eigenvalue weighted by atomic mass is 16.7. The molecule has 0 aromatic heterocycles. The largest absolute Gasteiger partial charge is 0.465 e. The number of carbonyl (C=O) groups excluding carboxylic acids is 2. The number of esters is 2. The van der Waals surface area contributed by atoms with Gasteiger partial charge in [0, 0.05) is 38.0 Å². The minimum Gasteiger partial charge on any atom is -0.465 e. The summed E-state index contributed by atoms with van der Waals surface area (Å²) in [5, 5.41) is 9.53. The number of aliphatic hydroxyl groups is 1. The first-order valence-corrected chi connectivity index (χ1v) is 21.2. The minimum absolute atomic E-state index is 0.0916. The van der Waals surface area contributed by atoms with Crippen LogP contribution >= 0.6 is 0 Å². The molecule has 1 saturated heterocycles. The Kier molecular flexibility index (Phi) is 21.8. The minimum atomic E-state index is -0.333. The molecule has 0 radical (unpaired) electrons. The summed E-state index contributed by atoms with van der Waals surface area (Å²) in [4.78, 5) is 27.1. The van der Waals surface area contributed by atoms with E-state index in [0.717, 1.165) is 70.3 Å². The Bertz CT molecular complexity index is 1040. The predicted octanol–water partition coefficient (Wildman–Crippen LogP) is 9.58. The zero-order valence-electron chi connectivity index (χ0n) is 34.0. The molecule has 4 fully saturated rings. The molecule has 1 N–H and O–H groups in total. The van der Waals surface area contributed by atoms with E-state index in [1.807, 2.05) is 0 Å². The van der Waals surface area contributed by atoms with Gasteiger partial charge in [0.15, 0.2) is 6.29 Å². The molecule has 1 aliphatic heterocycles. The fourth-order valence-electron chi connectivity index (χ4n) is 8.65. The third kappa shape index (κ3) is 18.1. The summed E-state index contributed by atoms with van der Waals surface area (Å²) in [6.45, 7) is 15.5. The van der Waals surface area contributed by atoms with Crippen molar-refractivity contribution in [1.29, 1.82) is 0 Å². The van der Waals surface area contributed by atoms with Crippen LogP contribution in [0, 0.1) is 29.1 Å². The second kappa shape index (κ2) is 25.4. The molecule has 4 rings (SSSR count). The van der Waals surface area contributed by atoms with Crippen LogP contribution in [0.4, 0.5) is 0 Å². The zero-order chi connectivity index (χ0) is 37.6. The van der Waals surface area contributed by atoms with E-state index in [1.165, 1.54) is 56.1 Å². The van der Waals surface area contributed by atoms with Gasteiger partial charge in [-0.05, 0) is 141 Å². The van der Waals surface area contributed by atoms with Gasteiger partial charge in [-0.25, -0.2) is 0 Å². The van der Waals surface area contributed by atoms with E-state index in [-0.39, 0.29) is 30.3 Å². The van der Waals surface area contributed by atoms with E-state index in [2.05, 4.69) is 51.7 Å². The number of unbranched alkanes of at least 4 members (excludes halogenated alkanes) is 4. The molecule has 8 nitrogen and oxygen atoms in total.